The number of para-hydroxylation sites is 1. The third-order valence-corrected chi connectivity index (χ3v) is 6.07. The number of carbonyl (C=O) groups is 1. The van der Waals surface area contributed by atoms with Gasteiger partial charge in [-0.2, -0.15) is 0 Å². The molecule has 2 aromatic carbocycles. The maximum atomic E-state index is 13.2. The minimum Gasteiger partial charge on any atom is -0.497 e. The highest BCUT2D eigenvalue weighted by Gasteiger charge is 2.41. The monoisotopic (exact) mass is 393 g/mol. The summed E-state index contributed by atoms with van der Waals surface area (Å²) < 4.78 is 5.47. The molecule has 0 unspecified atom stereocenters. The Kier molecular flexibility index (Phi) is 5.65. The first-order valence-corrected chi connectivity index (χ1v) is 10.6. The van der Waals surface area contributed by atoms with E-state index in [0.29, 0.717) is 5.92 Å². The highest BCUT2D eigenvalue weighted by atomic mass is 16.5. The Morgan fingerprint density at radius 1 is 1.17 bits per heavy atom. The fourth-order valence-electron chi connectivity index (χ4n) is 4.51. The van der Waals surface area contributed by atoms with Gasteiger partial charge in [0.25, 0.3) is 0 Å². The summed E-state index contributed by atoms with van der Waals surface area (Å²) in [5, 5.41) is 3.18. The second-order valence-corrected chi connectivity index (χ2v) is 8.49. The Balaban J connectivity index is 1.64. The molecule has 2 aromatic rings. The molecule has 1 saturated heterocycles. The van der Waals surface area contributed by atoms with E-state index < -0.39 is 0 Å². The number of amides is 1. The van der Waals surface area contributed by atoms with Crippen molar-refractivity contribution in [2.24, 2.45) is 11.8 Å². The van der Waals surface area contributed by atoms with E-state index in [2.05, 4.69) is 65.4 Å². The molecule has 2 atom stereocenters. The largest absolute Gasteiger partial charge is 0.497 e. The molecule has 154 valence electrons. The molecular weight excluding hydrogens is 362 g/mol. The zero-order valence-corrected chi connectivity index (χ0v) is 17.6. The molecule has 29 heavy (non-hydrogen) atoms. The van der Waals surface area contributed by atoms with Gasteiger partial charge in [0.1, 0.15) is 5.75 Å². The molecule has 4 rings (SSSR count). The molecule has 0 bridgehead atoms. The van der Waals surface area contributed by atoms with Crippen LogP contribution in [-0.4, -0.2) is 45.2 Å². The maximum Gasteiger partial charge on any atom is 0.225 e. The number of rotatable bonds is 5. The van der Waals surface area contributed by atoms with Crippen molar-refractivity contribution in [3.05, 3.63) is 54.1 Å². The van der Waals surface area contributed by atoms with Gasteiger partial charge in [0.05, 0.1) is 19.1 Å². The van der Waals surface area contributed by atoms with E-state index in [9.17, 15) is 4.79 Å². The van der Waals surface area contributed by atoms with Gasteiger partial charge in [-0.25, -0.2) is 0 Å². The number of benzene rings is 2. The Morgan fingerprint density at radius 3 is 2.69 bits per heavy atom. The van der Waals surface area contributed by atoms with Crippen molar-refractivity contribution in [2.75, 3.05) is 43.1 Å². The minimum atomic E-state index is -0.0545. The predicted octanol–water partition coefficient (Wildman–Crippen LogP) is 3.33. The lowest BCUT2D eigenvalue weighted by atomic mass is 9.83. The van der Waals surface area contributed by atoms with E-state index in [0.717, 1.165) is 38.3 Å². The SMILES string of the molecule is COc1ccc2c(c1)N1CCN(c3ccccc3)C[C@H]1[C@@H](C(=O)NCC(C)C)C2. The van der Waals surface area contributed by atoms with E-state index in [1.807, 2.05) is 12.1 Å². The summed E-state index contributed by atoms with van der Waals surface area (Å²) in [4.78, 5) is 18.0. The molecule has 1 N–H and O–H groups in total. The molecule has 2 aliphatic heterocycles. The first-order chi connectivity index (χ1) is 14.1. The summed E-state index contributed by atoms with van der Waals surface area (Å²) in [7, 11) is 1.71. The molecule has 0 spiro atoms. The van der Waals surface area contributed by atoms with Crippen LogP contribution in [-0.2, 0) is 11.2 Å². The average molecular weight is 394 g/mol. The summed E-state index contributed by atoms with van der Waals surface area (Å²) in [5.74, 6) is 1.43. The minimum absolute atomic E-state index is 0.0545. The Bertz CT molecular complexity index is 852. The van der Waals surface area contributed by atoms with Crippen LogP contribution in [0.3, 0.4) is 0 Å². The predicted molar refractivity (Wildman–Crippen MR) is 118 cm³/mol. The number of carbonyl (C=O) groups excluding carboxylic acids is 1. The van der Waals surface area contributed by atoms with Gasteiger partial charge < -0.3 is 19.9 Å². The average Bonchev–Trinajstić information content (AvgIpc) is 2.76. The lowest BCUT2D eigenvalue weighted by molar-refractivity contribution is -0.126. The maximum absolute atomic E-state index is 13.2. The molecule has 0 saturated carbocycles. The lowest BCUT2D eigenvalue weighted by Gasteiger charge is -2.49. The van der Waals surface area contributed by atoms with Gasteiger partial charge in [0, 0.05) is 43.6 Å². The number of nitrogens with zero attached hydrogens (tertiary/aromatic N) is 2. The second-order valence-electron chi connectivity index (χ2n) is 8.49. The first kappa shape index (κ1) is 19.6. The van der Waals surface area contributed by atoms with Crippen LogP contribution in [0.15, 0.2) is 48.5 Å². The second kappa shape index (κ2) is 8.36. The lowest BCUT2D eigenvalue weighted by Crippen LogP contribution is -2.61. The molecule has 1 amide bonds. The normalized spacial score (nSPS) is 20.8. The number of piperazine rings is 1. The summed E-state index contributed by atoms with van der Waals surface area (Å²) in [6.07, 6.45) is 0.771. The number of methoxy groups -OCH3 is 1. The summed E-state index contributed by atoms with van der Waals surface area (Å²) in [5.41, 5.74) is 3.68. The number of anilines is 2. The first-order valence-electron chi connectivity index (χ1n) is 10.6. The molecule has 2 aliphatic rings. The number of hydrogen-bond donors (Lipinski definition) is 1. The van der Waals surface area contributed by atoms with Crippen LogP contribution < -0.4 is 19.9 Å². The van der Waals surface area contributed by atoms with Gasteiger partial charge in [-0.15, -0.1) is 0 Å². The van der Waals surface area contributed by atoms with Crippen LogP contribution in [0.25, 0.3) is 0 Å². The fraction of sp³-hybridized carbons (Fsp3) is 0.458. The number of fused-ring (bicyclic) bond motifs is 3. The number of hydrogen-bond acceptors (Lipinski definition) is 4. The van der Waals surface area contributed by atoms with Crippen LogP contribution in [0.4, 0.5) is 11.4 Å². The molecule has 1 fully saturated rings. The molecule has 5 heteroatoms. The van der Waals surface area contributed by atoms with Crippen molar-refractivity contribution in [3.63, 3.8) is 0 Å². The van der Waals surface area contributed by atoms with E-state index in [-0.39, 0.29) is 17.9 Å². The summed E-state index contributed by atoms with van der Waals surface area (Å²) >= 11 is 0. The van der Waals surface area contributed by atoms with Gasteiger partial charge in [0.2, 0.25) is 5.91 Å². The van der Waals surface area contributed by atoms with Crippen LogP contribution in [0, 0.1) is 11.8 Å². The fourth-order valence-corrected chi connectivity index (χ4v) is 4.51. The van der Waals surface area contributed by atoms with E-state index in [4.69, 9.17) is 4.74 Å². The summed E-state index contributed by atoms with van der Waals surface area (Å²) in [6.45, 7) is 7.67. The topological polar surface area (TPSA) is 44.8 Å². The van der Waals surface area contributed by atoms with Crippen molar-refractivity contribution >= 4 is 17.3 Å². The Hall–Kier alpha value is -2.69. The smallest absolute Gasteiger partial charge is 0.225 e. The molecule has 5 nitrogen and oxygen atoms in total. The number of nitrogens with one attached hydrogen (secondary N) is 1. The summed E-state index contributed by atoms with van der Waals surface area (Å²) in [6, 6.07) is 16.9. The van der Waals surface area contributed by atoms with E-state index in [1.165, 1.54) is 16.9 Å². The Labute approximate surface area is 173 Å². The number of ether oxygens (including phenoxy) is 1. The molecule has 0 aromatic heterocycles. The van der Waals surface area contributed by atoms with Crippen LogP contribution in [0.5, 0.6) is 5.75 Å². The van der Waals surface area contributed by atoms with Crippen LogP contribution in [0.2, 0.25) is 0 Å². The molecule has 2 heterocycles. The van der Waals surface area contributed by atoms with E-state index in [1.54, 1.807) is 7.11 Å². The standard InChI is InChI=1S/C24H31N3O2/c1-17(2)15-25-24(28)21-13-18-9-10-20(29-3)14-22(18)27-12-11-26(16-23(21)27)19-7-5-4-6-8-19/h4-10,14,17,21,23H,11-13,15-16H2,1-3H3,(H,25,28)/t21-,23-/m0/s1. The van der Waals surface area contributed by atoms with Crippen molar-refractivity contribution in [2.45, 2.75) is 26.3 Å². The zero-order chi connectivity index (χ0) is 20.4. The Morgan fingerprint density at radius 2 is 1.97 bits per heavy atom. The van der Waals surface area contributed by atoms with E-state index >= 15 is 0 Å². The van der Waals surface area contributed by atoms with Gasteiger partial charge in [-0.05, 0) is 36.1 Å². The van der Waals surface area contributed by atoms with Gasteiger partial charge in [0.15, 0.2) is 0 Å². The zero-order valence-electron chi connectivity index (χ0n) is 17.6. The highest BCUT2D eigenvalue weighted by Crippen LogP contribution is 2.38. The third-order valence-electron chi connectivity index (χ3n) is 6.07. The highest BCUT2D eigenvalue weighted by molar-refractivity contribution is 5.82. The molecule has 0 radical (unpaired) electrons. The molecular formula is C24H31N3O2. The van der Waals surface area contributed by atoms with Crippen LogP contribution in [0.1, 0.15) is 19.4 Å². The van der Waals surface area contributed by atoms with Crippen molar-refractivity contribution in [1.82, 2.24) is 5.32 Å². The van der Waals surface area contributed by atoms with Gasteiger partial charge in [-0.3, -0.25) is 4.79 Å². The van der Waals surface area contributed by atoms with Crippen molar-refractivity contribution < 1.29 is 9.53 Å². The van der Waals surface area contributed by atoms with Gasteiger partial charge >= 0.3 is 0 Å². The van der Waals surface area contributed by atoms with Crippen molar-refractivity contribution in [3.8, 4) is 5.75 Å². The van der Waals surface area contributed by atoms with Crippen LogP contribution >= 0.6 is 0 Å². The quantitative estimate of drug-likeness (QED) is 0.846. The third kappa shape index (κ3) is 4.04. The molecule has 0 aliphatic carbocycles. The van der Waals surface area contributed by atoms with Gasteiger partial charge in [-0.1, -0.05) is 38.1 Å². The van der Waals surface area contributed by atoms with Crippen molar-refractivity contribution in [1.29, 1.82) is 0 Å².